The fraction of sp³-hybridized carbons (Fsp3) is 0.273. The number of benzene rings is 2. The third-order valence-corrected chi connectivity index (χ3v) is 4.13. The van der Waals surface area contributed by atoms with Crippen LogP contribution in [0.15, 0.2) is 53.1 Å². The van der Waals surface area contributed by atoms with E-state index < -0.39 is 11.6 Å². The molecule has 1 N–H and O–H groups in total. The highest BCUT2D eigenvalue weighted by molar-refractivity contribution is 5.91. The number of nitrogens with one attached hydrogen (secondary N) is 1. The quantitative estimate of drug-likeness (QED) is 0.632. The van der Waals surface area contributed by atoms with Gasteiger partial charge in [-0.05, 0) is 35.4 Å². The summed E-state index contributed by atoms with van der Waals surface area (Å²) in [6.45, 7) is 6.02. The normalized spacial score (nSPS) is 11.3. The number of hydrogen-bond acceptors (Lipinski definition) is 4. The molecule has 0 aliphatic carbocycles. The highest BCUT2D eigenvalue weighted by atomic mass is 19.1. The van der Waals surface area contributed by atoms with Crippen LogP contribution in [0.1, 0.15) is 37.7 Å². The molecule has 2 aromatic carbocycles. The van der Waals surface area contributed by atoms with Crippen LogP contribution in [0.25, 0.3) is 0 Å². The first kappa shape index (κ1) is 20.5. The zero-order valence-electron chi connectivity index (χ0n) is 16.5. The van der Waals surface area contributed by atoms with Crippen molar-refractivity contribution in [3.63, 3.8) is 0 Å². The topological polar surface area (TPSA) is 64.4 Å². The van der Waals surface area contributed by atoms with E-state index in [-0.39, 0.29) is 24.3 Å². The molecule has 7 heteroatoms. The van der Waals surface area contributed by atoms with E-state index in [1.807, 2.05) is 20.8 Å². The number of amides is 1. The molecule has 0 fully saturated rings. The van der Waals surface area contributed by atoms with E-state index in [1.54, 1.807) is 30.3 Å². The second-order valence-electron chi connectivity index (χ2n) is 7.76. The molecular weight excluding hydrogens is 378 g/mol. The summed E-state index contributed by atoms with van der Waals surface area (Å²) in [5.74, 6) is 0.0842. The van der Waals surface area contributed by atoms with Gasteiger partial charge in [0.25, 0.3) is 0 Å². The van der Waals surface area contributed by atoms with E-state index in [1.165, 1.54) is 12.1 Å². The number of carbonyl (C=O) groups is 1. The Balaban J connectivity index is 1.53. The highest BCUT2D eigenvalue weighted by Crippen LogP contribution is 2.24. The van der Waals surface area contributed by atoms with Gasteiger partial charge in [-0.2, -0.15) is 0 Å². The van der Waals surface area contributed by atoms with Crippen molar-refractivity contribution in [1.82, 2.24) is 5.16 Å². The van der Waals surface area contributed by atoms with Crippen LogP contribution >= 0.6 is 0 Å². The summed E-state index contributed by atoms with van der Waals surface area (Å²) in [7, 11) is 0. The van der Waals surface area contributed by atoms with Crippen molar-refractivity contribution < 1.29 is 22.8 Å². The van der Waals surface area contributed by atoms with Gasteiger partial charge in [0, 0.05) is 17.5 Å². The second kappa shape index (κ2) is 8.43. The van der Waals surface area contributed by atoms with Crippen LogP contribution in [-0.4, -0.2) is 11.1 Å². The number of hydrogen-bond donors (Lipinski definition) is 1. The first-order chi connectivity index (χ1) is 13.7. The molecule has 1 aromatic heterocycles. The Morgan fingerprint density at radius 1 is 1.03 bits per heavy atom. The van der Waals surface area contributed by atoms with Crippen molar-refractivity contribution >= 4 is 11.7 Å². The predicted octanol–water partition coefficient (Wildman–Crippen LogP) is 5.01. The number of carbonyl (C=O) groups excluding carboxylic acids is 1. The smallest absolute Gasteiger partial charge is 0.230 e. The van der Waals surface area contributed by atoms with Gasteiger partial charge in [-0.3, -0.25) is 4.79 Å². The molecule has 0 radical (unpaired) electrons. The largest absolute Gasteiger partial charge is 0.489 e. The molecule has 0 saturated heterocycles. The number of ether oxygens (including phenoxy) is 1. The molecule has 3 rings (SSSR count). The third-order valence-electron chi connectivity index (χ3n) is 4.13. The van der Waals surface area contributed by atoms with Crippen molar-refractivity contribution in [3.05, 3.63) is 77.1 Å². The number of halogens is 2. The molecule has 0 spiro atoms. The summed E-state index contributed by atoms with van der Waals surface area (Å²) in [6.07, 6.45) is 0.160. The Hall–Kier alpha value is -3.22. The van der Waals surface area contributed by atoms with Gasteiger partial charge in [-0.15, -0.1) is 0 Å². The number of rotatable bonds is 6. The lowest BCUT2D eigenvalue weighted by atomic mass is 9.93. The molecule has 1 heterocycles. The zero-order valence-corrected chi connectivity index (χ0v) is 16.5. The lowest BCUT2D eigenvalue weighted by Gasteiger charge is -2.12. The molecule has 0 saturated carbocycles. The van der Waals surface area contributed by atoms with Crippen LogP contribution in [-0.2, 0) is 23.2 Å². The predicted molar refractivity (Wildman–Crippen MR) is 105 cm³/mol. The SMILES string of the molecule is CC(C)(C)c1cc(NC(=O)Cc2ccc(OCc3cc(F)cc(F)c3)cc2)no1. The molecule has 0 aliphatic heterocycles. The maximum absolute atomic E-state index is 13.2. The molecule has 3 aromatic rings. The van der Waals surface area contributed by atoms with Crippen LogP contribution in [0.3, 0.4) is 0 Å². The van der Waals surface area contributed by atoms with Gasteiger partial charge in [0.15, 0.2) is 5.82 Å². The minimum atomic E-state index is -0.647. The Bertz CT molecular complexity index is 972. The first-order valence-electron chi connectivity index (χ1n) is 9.13. The Kier molecular flexibility index (Phi) is 5.96. The molecular formula is C22H22F2N2O3. The van der Waals surface area contributed by atoms with Gasteiger partial charge in [0.1, 0.15) is 29.8 Å². The number of aromatic nitrogens is 1. The minimum absolute atomic E-state index is 0.0385. The second-order valence-corrected chi connectivity index (χ2v) is 7.76. The Morgan fingerprint density at radius 3 is 2.28 bits per heavy atom. The van der Waals surface area contributed by atoms with Crippen LogP contribution in [0, 0.1) is 11.6 Å². The summed E-state index contributed by atoms with van der Waals surface area (Å²) in [5.41, 5.74) is 0.989. The maximum Gasteiger partial charge on any atom is 0.230 e. The van der Waals surface area contributed by atoms with Crippen molar-refractivity contribution in [2.24, 2.45) is 0 Å². The van der Waals surface area contributed by atoms with E-state index >= 15 is 0 Å². The van der Waals surface area contributed by atoms with Crippen molar-refractivity contribution in [2.75, 3.05) is 5.32 Å². The number of anilines is 1. The molecule has 5 nitrogen and oxygen atoms in total. The van der Waals surface area contributed by atoms with E-state index in [2.05, 4.69) is 10.5 Å². The molecule has 0 bridgehead atoms. The van der Waals surface area contributed by atoms with Gasteiger partial charge in [-0.25, -0.2) is 8.78 Å². The summed E-state index contributed by atoms with van der Waals surface area (Å²) in [6, 6.07) is 11.9. The van der Waals surface area contributed by atoms with E-state index in [0.29, 0.717) is 22.9 Å². The average Bonchev–Trinajstić information content (AvgIpc) is 3.09. The Morgan fingerprint density at radius 2 is 1.69 bits per heavy atom. The van der Waals surface area contributed by atoms with E-state index in [9.17, 15) is 13.6 Å². The van der Waals surface area contributed by atoms with Crippen LogP contribution < -0.4 is 10.1 Å². The molecule has 29 heavy (non-hydrogen) atoms. The fourth-order valence-corrected chi connectivity index (χ4v) is 2.62. The van der Waals surface area contributed by atoms with Crippen LogP contribution in [0.2, 0.25) is 0 Å². The maximum atomic E-state index is 13.2. The summed E-state index contributed by atoms with van der Waals surface area (Å²) in [4.78, 5) is 12.2. The van der Waals surface area contributed by atoms with Gasteiger partial charge in [-0.1, -0.05) is 38.1 Å². The van der Waals surface area contributed by atoms with Crippen molar-refractivity contribution in [3.8, 4) is 5.75 Å². The monoisotopic (exact) mass is 400 g/mol. The number of nitrogens with zero attached hydrogens (tertiary/aromatic N) is 1. The van der Waals surface area contributed by atoms with Crippen LogP contribution in [0.5, 0.6) is 5.75 Å². The van der Waals surface area contributed by atoms with Gasteiger partial charge < -0.3 is 14.6 Å². The van der Waals surface area contributed by atoms with Crippen molar-refractivity contribution in [1.29, 1.82) is 0 Å². The molecule has 1 amide bonds. The van der Waals surface area contributed by atoms with Crippen LogP contribution in [0.4, 0.5) is 14.6 Å². The molecule has 0 aliphatic rings. The van der Waals surface area contributed by atoms with Gasteiger partial charge in [0.2, 0.25) is 5.91 Å². The summed E-state index contributed by atoms with van der Waals surface area (Å²) < 4.78 is 37.2. The van der Waals surface area contributed by atoms with Gasteiger partial charge >= 0.3 is 0 Å². The summed E-state index contributed by atoms with van der Waals surface area (Å²) in [5, 5.41) is 6.57. The third kappa shape index (κ3) is 5.88. The molecule has 0 unspecified atom stereocenters. The molecule has 0 atom stereocenters. The first-order valence-corrected chi connectivity index (χ1v) is 9.13. The lowest BCUT2D eigenvalue weighted by Crippen LogP contribution is -2.14. The average molecular weight is 400 g/mol. The molecule has 152 valence electrons. The lowest BCUT2D eigenvalue weighted by molar-refractivity contribution is -0.115. The standard InChI is InChI=1S/C22H22F2N2O3/c1-22(2,3)19-12-20(26-29-19)25-21(27)10-14-4-6-18(7-5-14)28-13-15-8-16(23)11-17(24)9-15/h4-9,11-12H,10,13H2,1-3H3,(H,25,26,27). The fourth-order valence-electron chi connectivity index (χ4n) is 2.62. The summed E-state index contributed by atoms with van der Waals surface area (Å²) >= 11 is 0. The van der Waals surface area contributed by atoms with E-state index in [0.717, 1.165) is 11.6 Å². The van der Waals surface area contributed by atoms with Crippen molar-refractivity contribution in [2.45, 2.75) is 39.2 Å². The Labute approximate surface area is 167 Å². The van der Waals surface area contributed by atoms with E-state index in [4.69, 9.17) is 9.26 Å². The minimum Gasteiger partial charge on any atom is -0.489 e. The zero-order chi connectivity index (χ0) is 21.0. The highest BCUT2D eigenvalue weighted by Gasteiger charge is 2.20. The van der Waals surface area contributed by atoms with Gasteiger partial charge in [0.05, 0.1) is 6.42 Å².